The predicted molar refractivity (Wildman–Crippen MR) is 78.6 cm³/mol. The van der Waals surface area contributed by atoms with Crippen LogP contribution in [0.4, 0.5) is 0 Å². The Morgan fingerprint density at radius 2 is 1.83 bits per heavy atom. The van der Waals surface area contributed by atoms with Crippen molar-refractivity contribution >= 4 is 26.0 Å². The SMILES string of the molecule is Cc1ccccc1S(=O)(=O)N(C)CCCCCBr. The van der Waals surface area contributed by atoms with E-state index in [0.717, 1.165) is 30.2 Å². The Balaban J connectivity index is 2.72. The Kier molecular flexibility index (Phi) is 6.32. The summed E-state index contributed by atoms with van der Waals surface area (Å²) in [5.41, 5.74) is 0.796. The highest BCUT2D eigenvalue weighted by Gasteiger charge is 2.21. The first-order valence-electron chi connectivity index (χ1n) is 6.08. The zero-order valence-electron chi connectivity index (χ0n) is 10.9. The van der Waals surface area contributed by atoms with Gasteiger partial charge in [0.1, 0.15) is 0 Å². The van der Waals surface area contributed by atoms with Crippen molar-refractivity contribution in [3.05, 3.63) is 29.8 Å². The third-order valence-corrected chi connectivity index (χ3v) is 5.47. The molecule has 0 aliphatic carbocycles. The predicted octanol–water partition coefficient (Wildman–Crippen LogP) is 3.18. The first kappa shape index (κ1) is 15.7. The minimum Gasteiger partial charge on any atom is -0.207 e. The van der Waals surface area contributed by atoms with Crippen LogP contribution < -0.4 is 0 Å². The fourth-order valence-corrected chi connectivity index (χ4v) is 3.57. The number of alkyl halides is 1. The van der Waals surface area contributed by atoms with E-state index in [1.54, 1.807) is 19.2 Å². The Hall–Kier alpha value is -0.390. The third-order valence-electron chi connectivity index (χ3n) is 2.89. The summed E-state index contributed by atoms with van der Waals surface area (Å²) in [5.74, 6) is 0. The molecule has 1 aromatic rings. The Bertz CT molecular complexity index is 474. The quantitative estimate of drug-likeness (QED) is 0.567. The Labute approximate surface area is 118 Å². The zero-order valence-corrected chi connectivity index (χ0v) is 13.3. The van der Waals surface area contributed by atoms with Gasteiger partial charge in [-0.15, -0.1) is 0 Å². The lowest BCUT2D eigenvalue weighted by atomic mass is 10.2. The second-order valence-electron chi connectivity index (χ2n) is 4.34. The number of nitrogens with zero attached hydrogens (tertiary/aromatic N) is 1. The molecule has 0 radical (unpaired) electrons. The van der Waals surface area contributed by atoms with E-state index >= 15 is 0 Å². The van der Waals surface area contributed by atoms with Crippen LogP contribution in [-0.4, -0.2) is 31.6 Å². The highest BCUT2D eigenvalue weighted by atomic mass is 79.9. The fourth-order valence-electron chi connectivity index (χ4n) is 1.74. The van der Waals surface area contributed by atoms with Crippen LogP contribution in [0.15, 0.2) is 29.2 Å². The molecule has 0 atom stereocenters. The van der Waals surface area contributed by atoms with E-state index in [9.17, 15) is 8.42 Å². The summed E-state index contributed by atoms with van der Waals surface area (Å²) in [6.07, 6.45) is 3.02. The van der Waals surface area contributed by atoms with Crippen LogP contribution in [-0.2, 0) is 10.0 Å². The summed E-state index contributed by atoms with van der Waals surface area (Å²) in [6.45, 7) is 2.40. The lowest BCUT2D eigenvalue weighted by molar-refractivity contribution is 0.454. The van der Waals surface area contributed by atoms with Crippen LogP contribution in [0, 0.1) is 6.92 Å². The molecule has 0 fully saturated rings. The van der Waals surface area contributed by atoms with Gasteiger partial charge in [-0.3, -0.25) is 0 Å². The lowest BCUT2D eigenvalue weighted by Crippen LogP contribution is -2.28. The molecule has 5 heteroatoms. The molecular formula is C13H20BrNO2S. The van der Waals surface area contributed by atoms with Crippen LogP contribution >= 0.6 is 15.9 Å². The number of sulfonamides is 1. The lowest BCUT2D eigenvalue weighted by Gasteiger charge is -2.18. The Morgan fingerprint density at radius 3 is 2.44 bits per heavy atom. The summed E-state index contributed by atoms with van der Waals surface area (Å²) >= 11 is 3.37. The van der Waals surface area contributed by atoms with E-state index in [2.05, 4.69) is 15.9 Å². The van der Waals surface area contributed by atoms with Gasteiger partial charge < -0.3 is 0 Å². The molecule has 0 saturated heterocycles. The zero-order chi connectivity index (χ0) is 13.6. The molecule has 0 aliphatic heterocycles. The molecule has 0 amide bonds. The maximum absolute atomic E-state index is 12.3. The molecular weight excluding hydrogens is 314 g/mol. The van der Waals surface area contributed by atoms with Gasteiger partial charge >= 0.3 is 0 Å². The standard InChI is InChI=1S/C13H20BrNO2S/c1-12-8-4-5-9-13(12)18(16,17)15(2)11-7-3-6-10-14/h4-5,8-9H,3,6-7,10-11H2,1-2H3. The molecule has 0 aliphatic rings. The van der Waals surface area contributed by atoms with Crippen molar-refractivity contribution in [1.29, 1.82) is 0 Å². The van der Waals surface area contributed by atoms with E-state index in [1.807, 2.05) is 19.1 Å². The van der Waals surface area contributed by atoms with Crippen LogP contribution in [0.1, 0.15) is 24.8 Å². The number of hydrogen-bond donors (Lipinski definition) is 0. The first-order chi connectivity index (χ1) is 8.50. The summed E-state index contributed by atoms with van der Waals surface area (Å²) in [7, 11) is -1.69. The normalized spacial score (nSPS) is 12.0. The van der Waals surface area contributed by atoms with Gasteiger partial charge in [-0.05, 0) is 31.4 Å². The largest absolute Gasteiger partial charge is 0.243 e. The number of rotatable bonds is 7. The molecule has 0 spiro atoms. The van der Waals surface area contributed by atoms with Crippen molar-refractivity contribution in [3.63, 3.8) is 0 Å². The van der Waals surface area contributed by atoms with Gasteiger partial charge in [0.25, 0.3) is 0 Å². The van der Waals surface area contributed by atoms with E-state index in [0.29, 0.717) is 11.4 Å². The summed E-state index contributed by atoms with van der Waals surface area (Å²) < 4.78 is 26.1. The van der Waals surface area contributed by atoms with Crippen molar-refractivity contribution in [1.82, 2.24) is 4.31 Å². The van der Waals surface area contributed by atoms with Crippen molar-refractivity contribution < 1.29 is 8.42 Å². The van der Waals surface area contributed by atoms with E-state index in [-0.39, 0.29) is 0 Å². The average Bonchev–Trinajstić information content (AvgIpc) is 2.34. The second kappa shape index (κ2) is 7.26. The summed E-state index contributed by atoms with van der Waals surface area (Å²) in [4.78, 5) is 0.410. The maximum Gasteiger partial charge on any atom is 0.243 e. The van der Waals surface area contributed by atoms with Crippen molar-refractivity contribution in [2.45, 2.75) is 31.1 Å². The monoisotopic (exact) mass is 333 g/mol. The molecule has 0 N–H and O–H groups in total. The van der Waals surface area contributed by atoms with Crippen LogP contribution in [0.3, 0.4) is 0 Å². The van der Waals surface area contributed by atoms with E-state index in [1.165, 1.54) is 4.31 Å². The van der Waals surface area contributed by atoms with Crippen LogP contribution in [0.25, 0.3) is 0 Å². The molecule has 0 saturated carbocycles. The maximum atomic E-state index is 12.3. The van der Waals surface area contributed by atoms with Gasteiger partial charge in [-0.25, -0.2) is 12.7 Å². The molecule has 0 heterocycles. The molecule has 102 valence electrons. The van der Waals surface area contributed by atoms with E-state index < -0.39 is 10.0 Å². The number of halogens is 1. The minimum atomic E-state index is -3.34. The molecule has 1 aromatic carbocycles. The molecule has 0 unspecified atom stereocenters. The van der Waals surface area contributed by atoms with Gasteiger partial charge in [0, 0.05) is 18.9 Å². The average molecular weight is 334 g/mol. The fraction of sp³-hybridized carbons (Fsp3) is 0.538. The number of benzene rings is 1. The summed E-state index contributed by atoms with van der Waals surface area (Å²) in [5, 5.41) is 0.973. The second-order valence-corrected chi connectivity index (χ2v) is 7.15. The molecule has 18 heavy (non-hydrogen) atoms. The topological polar surface area (TPSA) is 37.4 Å². The van der Waals surface area contributed by atoms with Gasteiger partial charge in [-0.2, -0.15) is 0 Å². The van der Waals surface area contributed by atoms with Crippen molar-refractivity contribution in [2.24, 2.45) is 0 Å². The highest BCUT2D eigenvalue weighted by Crippen LogP contribution is 2.18. The van der Waals surface area contributed by atoms with Gasteiger partial charge in [0.2, 0.25) is 10.0 Å². The number of aryl methyl sites for hydroxylation is 1. The van der Waals surface area contributed by atoms with Crippen molar-refractivity contribution in [2.75, 3.05) is 18.9 Å². The highest BCUT2D eigenvalue weighted by molar-refractivity contribution is 9.09. The van der Waals surface area contributed by atoms with Crippen molar-refractivity contribution in [3.8, 4) is 0 Å². The van der Waals surface area contributed by atoms with Crippen LogP contribution in [0.2, 0.25) is 0 Å². The molecule has 3 nitrogen and oxygen atoms in total. The van der Waals surface area contributed by atoms with Gasteiger partial charge in [0.15, 0.2) is 0 Å². The smallest absolute Gasteiger partial charge is 0.207 e. The van der Waals surface area contributed by atoms with E-state index in [4.69, 9.17) is 0 Å². The van der Waals surface area contributed by atoms with Crippen LogP contribution in [0.5, 0.6) is 0 Å². The first-order valence-corrected chi connectivity index (χ1v) is 8.64. The molecule has 0 aromatic heterocycles. The minimum absolute atomic E-state index is 0.410. The Morgan fingerprint density at radius 1 is 1.17 bits per heavy atom. The van der Waals surface area contributed by atoms with Gasteiger partial charge in [-0.1, -0.05) is 40.5 Å². The number of hydrogen-bond acceptors (Lipinski definition) is 2. The molecule has 0 bridgehead atoms. The van der Waals surface area contributed by atoms with Gasteiger partial charge in [0.05, 0.1) is 4.90 Å². The summed E-state index contributed by atoms with van der Waals surface area (Å²) in [6, 6.07) is 7.11. The number of unbranched alkanes of at least 4 members (excludes halogenated alkanes) is 2. The third kappa shape index (κ3) is 4.07. The molecule has 1 rings (SSSR count).